The van der Waals surface area contributed by atoms with E-state index in [1.807, 2.05) is 55.1 Å². The normalized spacial score (nSPS) is 11.0. The molecule has 0 aliphatic rings. The second-order valence-electron chi connectivity index (χ2n) is 5.08. The van der Waals surface area contributed by atoms with Gasteiger partial charge in [-0.1, -0.05) is 0 Å². The predicted molar refractivity (Wildman–Crippen MR) is 82.9 cm³/mol. The third-order valence-corrected chi connectivity index (χ3v) is 2.91. The maximum atomic E-state index is 5.63. The highest BCUT2D eigenvalue weighted by Crippen LogP contribution is 2.16. The molecule has 114 valence electrons. The summed E-state index contributed by atoms with van der Waals surface area (Å²) in [4.78, 5) is 0. The number of hydrogen-bond donors (Lipinski definition) is 1. The average Bonchev–Trinajstić information content (AvgIpc) is 2.93. The van der Waals surface area contributed by atoms with Crippen molar-refractivity contribution >= 4 is 0 Å². The second kappa shape index (κ2) is 7.81. The van der Waals surface area contributed by atoms with E-state index in [0.29, 0.717) is 6.61 Å². The molecule has 0 aliphatic carbocycles. The van der Waals surface area contributed by atoms with Crippen molar-refractivity contribution < 1.29 is 9.47 Å². The third-order valence-electron chi connectivity index (χ3n) is 2.91. The zero-order chi connectivity index (χ0) is 15.1. The monoisotopic (exact) mass is 289 g/mol. The zero-order valence-electron chi connectivity index (χ0n) is 12.9. The van der Waals surface area contributed by atoms with Crippen LogP contribution >= 0.6 is 0 Å². The first-order valence-electron chi connectivity index (χ1n) is 7.20. The number of nitrogens with zero attached hydrogens (tertiary/aromatic N) is 2. The Kier molecular flexibility index (Phi) is 5.78. The summed E-state index contributed by atoms with van der Waals surface area (Å²) in [5, 5.41) is 7.82. The van der Waals surface area contributed by atoms with E-state index in [1.165, 1.54) is 0 Å². The maximum absolute atomic E-state index is 5.63. The summed E-state index contributed by atoms with van der Waals surface area (Å²) in [6.07, 6.45) is 2.15. The minimum absolute atomic E-state index is 0.185. The summed E-state index contributed by atoms with van der Waals surface area (Å²) < 4.78 is 12.5. The Labute approximate surface area is 125 Å². The molecule has 5 nitrogen and oxygen atoms in total. The summed E-state index contributed by atoms with van der Waals surface area (Å²) in [7, 11) is 1.70. The van der Waals surface area contributed by atoms with E-state index in [2.05, 4.69) is 10.4 Å². The number of nitrogens with one attached hydrogen (secondary N) is 1. The van der Waals surface area contributed by atoms with Gasteiger partial charge in [0.05, 0.1) is 24.1 Å². The molecule has 1 aromatic carbocycles. The molecule has 0 fully saturated rings. The van der Waals surface area contributed by atoms with Crippen LogP contribution < -0.4 is 10.1 Å². The molecule has 0 amide bonds. The lowest BCUT2D eigenvalue weighted by Gasteiger charge is -2.10. The topological polar surface area (TPSA) is 48.3 Å². The Hall–Kier alpha value is -1.85. The molecule has 1 heterocycles. The summed E-state index contributed by atoms with van der Waals surface area (Å²) in [5.41, 5.74) is 2.03. The molecule has 0 radical (unpaired) electrons. The Morgan fingerprint density at radius 1 is 1.19 bits per heavy atom. The van der Waals surface area contributed by atoms with Crippen LogP contribution in [-0.2, 0) is 11.3 Å². The Bertz CT molecular complexity index is 535. The summed E-state index contributed by atoms with van der Waals surface area (Å²) in [6.45, 7) is 6.31. The molecule has 0 saturated heterocycles. The molecule has 0 bridgehead atoms. The third kappa shape index (κ3) is 4.88. The van der Waals surface area contributed by atoms with E-state index in [9.17, 15) is 0 Å². The number of hydrogen-bond acceptors (Lipinski definition) is 4. The van der Waals surface area contributed by atoms with Crippen LogP contribution in [0, 0.1) is 0 Å². The van der Waals surface area contributed by atoms with Gasteiger partial charge in [0.1, 0.15) is 5.75 Å². The van der Waals surface area contributed by atoms with Crippen LogP contribution in [-0.4, -0.2) is 36.1 Å². The van der Waals surface area contributed by atoms with E-state index in [-0.39, 0.29) is 6.10 Å². The molecule has 0 spiro atoms. The van der Waals surface area contributed by atoms with Gasteiger partial charge >= 0.3 is 0 Å². The minimum Gasteiger partial charge on any atom is -0.491 e. The minimum atomic E-state index is 0.185. The van der Waals surface area contributed by atoms with E-state index in [0.717, 1.165) is 30.2 Å². The first-order valence-corrected chi connectivity index (χ1v) is 7.20. The quantitative estimate of drug-likeness (QED) is 0.758. The number of ether oxygens (including phenoxy) is 2. The zero-order valence-corrected chi connectivity index (χ0v) is 12.9. The molecule has 0 atom stereocenters. The van der Waals surface area contributed by atoms with Crippen LogP contribution in [0.2, 0.25) is 0 Å². The molecule has 21 heavy (non-hydrogen) atoms. The van der Waals surface area contributed by atoms with E-state index in [1.54, 1.807) is 7.11 Å². The highest BCUT2D eigenvalue weighted by molar-refractivity contribution is 5.37. The van der Waals surface area contributed by atoms with Crippen molar-refractivity contribution in [3.8, 4) is 11.4 Å². The fraction of sp³-hybridized carbons (Fsp3) is 0.438. The smallest absolute Gasteiger partial charge is 0.119 e. The standard InChI is InChI=1S/C16H23N3O2/c1-13(2)21-16-6-4-15(5-7-16)19-10-8-14(18-19)12-17-9-11-20-3/h4-8,10,13,17H,9,11-12H2,1-3H3. The van der Waals surface area contributed by atoms with Crippen LogP contribution in [0.3, 0.4) is 0 Å². The summed E-state index contributed by atoms with van der Waals surface area (Å²) in [6, 6.07) is 9.96. The van der Waals surface area contributed by atoms with Crippen molar-refractivity contribution in [1.82, 2.24) is 15.1 Å². The van der Waals surface area contributed by atoms with E-state index >= 15 is 0 Å². The van der Waals surface area contributed by atoms with Crippen molar-refractivity contribution in [3.05, 3.63) is 42.2 Å². The molecule has 2 rings (SSSR count). The van der Waals surface area contributed by atoms with Gasteiger partial charge in [0.15, 0.2) is 0 Å². The van der Waals surface area contributed by atoms with Crippen molar-refractivity contribution in [2.45, 2.75) is 26.5 Å². The largest absolute Gasteiger partial charge is 0.491 e. The van der Waals surface area contributed by atoms with Gasteiger partial charge in [-0.15, -0.1) is 0 Å². The van der Waals surface area contributed by atoms with Crippen LogP contribution in [0.1, 0.15) is 19.5 Å². The average molecular weight is 289 g/mol. The highest BCUT2D eigenvalue weighted by Gasteiger charge is 2.02. The Balaban J connectivity index is 1.94. The van der Waals surface area contributed by atoms with Gasteiger partial charge < -0.3 is 14.8 Å². The lowest BCUT2D eigenvalue weighted by molar-refractivity contribution is 0.199. The van der Waals surface area contributed by atoms with Gasteiger partial charge in [0.25, 0.3) is 0 Å². The lowest BCUT2D eigenvalue weighted by atomic mass is 10.3. The maximum Gasteiger partial charge on any atom is 0.119 e. The molecule has 5 heteroatoms. The first-order chi connectivity index (χ1) is 10.2. The molecular weight excluding hydrogens is 266 g/mol. The first kappa shape index (κ1) is 15.5. The van der Waals surface area contributed by atoms with Gasteiger partial charge in [-0.2, -0.15) is 5.10 Å². The van der Waals surface area contributed by atoms with Crippen LogP contribution in [0.5, 0.6) is 5.75 Å². The number of methoxy groups -OCH3 is 1. The molecule has 2 aromatic rings. The predicted octanol–water partition coefficient (Wildman–Crippen LogP) is 2.40. The van der Waals surface area contributed by atoms with Gasteiger partial charge in [0.2, 0.25) is 0 Å². The van der Waals surface area contributed by atoms with Gasteiger partial charge in [0, 0.05) is 26.4 Å². The number of aromatic nitrogens is 2. The summed E-state index contributed by atoms with van der Waals surface area (Å²) in [5.74, 6) is 0.877. The Morgan fingerprint density at radius 2 is 1.95 bits per heavy atom. The number of rotatable bonds is 8. The van der Waals surface area contributed by atoms with Gasteiger partial charge in [-0.25, -0.2) is 4.68 Å². The van der Waals surface area contributed by atoms with Crippen LogP contribution in [0.25, 0.3) is 5.69 Å². The van der Waals surface area contributed by atoms with Crippen molar-refractivity contribution in [1.29, 1.82) is 0 Å². The van der Waals surface area contributed by atoms with Gasteiger partial charge in [-0.05, 0) is 44.2 Å². The SMILES string of the molecule is COCCNCc1ccn(-c2ccc(OC(C)C)cc2)n1. The van der Waals surface area contributed by atoms with Crippen molar-refractivity contribution in [2.75, 3.05) is 20.3 Å². The molecule has 1 aromatic heterocycles. The van der Waals surface area contributed by atoms with Crippen LogP contribution in [0.4, 0.5) is 0 Å². The highest BCUT2D eigenvalue weighted by atomic mass is 16.5. The second-order valence-corrected chi connectivity index (χ2v) is 5.08. The van der Waals surface area contributed by atoms with Crippen molar-refractivity contribution in [2.24, 2.45) is 0 Å². The fourth-order valence-electron chi connectivity index (χ4n) is 1.94. The molecule has 0 saturated carbocycles. The Morgan fingerprint density at radius 3 is 2.62 bits per heavy atom. The lowest BCUT2D eigenvalue weighted by Crippen LogP contribution is -2.18. The number of benzene rings is 1. The molecule has 0 unspecified atom stereocenters. The van der Waals surface area contributed by atoms with Gasteiger partial charge in [-0.3, -0.25) is 0 Å². The van der Waals surface area contributed by atoms with Crippen LogP contribution in [0.15, 0.2) is 36.5 Å². The van der Waals surface area contributed by atoms with E-state index in [4.69, 9.17) is 9.47 Å². The fourth-order valence-corrected chi connectivity index (χ4v) is 1.94. The summed E-state index contributed by atoms with van der Waals surface area (Å²) >= 11 is 0. The molecule has 1 N–H and O–H groups in total. The van der Waals surface area contributed by atoms with E-state index < -0.39 is 0 Å². The molecule has 0 aliphatic heterocycles. The molecular formula is C16H23N3O2. The van der Waals surface area contributed by atoms with Crippen molar-refractivity contribution in [3.63, 3.8) is 0 Å².